The van der Waals surface area contributed by atoms with Gasteiger partial charge in [0.1, 0.15) is 17.1 Å². The number of nitro benzene ring substituents is 1. The van der Waals surface area contributed by atoms with Crippen LogP contribution in [0.4, 0.5) is 18.9 Å². The minimum atomic E-state index is -5.03. The number of benzene rings is 2. The van der Waals surface area contributed by atoms with Gasteiger partial charge in [-0.3, -0.25) is 10.1 Å². The second kappa shape index (κ2) is 6.96. The molecular formula is C14H10F3NO7P+. The molecule has 2 aromatic rings. The van der Waals surface area contributed by atoms with Gasteiger partial charge in [-0.05, 0) is 30.3 Å². The Kier molecular flexibility index (Phi) is 5.28. The molecule has 0 aliphatic heterocycles. The number of nitrogens with zero attached hydrogens (tertiary/aromatic N) is 1. The van der Waals surface area contributed by atoms with Gasteiger partial charge in [-0.25, -0.2) is 4.79 Å². The molecule has 2 aromatic carbocycles. The molecule has 0 aliphatic rings. The van der Waals surface area contributed by atoms with Crippen molar-refractivity contribution >= 4 is 19.2 Å². The highest BCUT2D eigenvalue weighted by Crippen LogP contribution is 2.50. The van der Waals surface area contributed by atoms with E-state index in [1.54, 1.807) is 0 Å². The topological polar surface area (TPSA) is 130 Å². The van der Waals surface area contributed by atoms with Crippen molar-refractivity contribution < 1.29 is 42.3 Å². The summed E-state index contributed by atoms with van der Waals surface area (Å²) >= 11 is 0. The number of carbonyl (C=O) groups excluding carboxylic acids is 1. The average molecular weight is 392 g/mol. The minimum Gasteiger partial charge on any atom is -0.456 e. The molecule has 0 aliphatic carbocycles. The monoisotopic (exact) mass is 392 g/mol. The van der Waals surface area contributed by atoms with Crippen molar-refractivity contribution in [2.24, 2.45) is 0 Å². The Morgan fingerprint density at radius 3 is 2.12 bits per heavy atom. The maximum Gasteiger partial charge on any atom is 0.484 e. The molecule has 0 aromatic heterocycles. The van der Waals surface area contributed by atoms with Gasteiger partial charge in [-0.2, -0.15) is 27.9 Å². The molecule has 2 rings (SSSR count). The van der Waals surface area contributed by atoms with Crippen molar-refractivity contribution in [1.82, 2.24) is 0 Å². The largest absolute Gasteiger partial charge is 0.484 e. The van der Waals surface area contributed by atoms with Crippen LogP contribution in [0.5, 0.6) is 11.5 Å². The van der Waals surface area contributed by atoms with Crippen LogP contribution in [0.2, 0.25) is 0 Å². The lowest BCUT2D eigenvalue weighted by atomic mass is 10.2. The molecule has 0 fully saturated rings. The van der Waals surface area contributed by atoms with Crippen LogP contribution in [0.15, 0.2) is 42.5 Å². The van der Waals surface area contributed by atoms with Crippen molar-refractivity contribution in [3.8, 4) is 11.5 Å². The first-order valence-corrected chi connectivity index (χ1v) is 8.30. The highest BCUT2D eigenvalue weighted by atomic mass is 31.2. The smallest absolute Gasteiger partial charge is 0.456 e. The molecule has 0 atom stereocenters. The van der Waals surface area contributed by atoms with Gasteiger partial charge in [0.2, 0.25) is 0 Å². The molecule has 0 bridgehead atoms. The van der Waals surface area contributed by atoms with E-state index in [-0.39, 0.29) is 5.75 Å². The van der Waals surface area contributed by atoms with E-state index < -0.39 is 47.1 Å². The lowest BCUT2D eigenvalue weighted by molar-refractivity contribution is -0.384. The Balaban J connectivity index is 2.42. The summed E-state index contributed by atoms with van der Waals surface area (Å²) in [6.07, 6.45) is -4.57. The molecule has 12 heteroatoms. The number of carbonyl (C=O) groups is 1. The molecule has 138 valence electrons. The van der Waals surface area contributed by atoms with Gasteiger partial charge in [0.05, 0.1) is 10.5 Å². The summed E-state index contributed by atoms with van der Waals surface area (Å²) in [7, 11) is -5.03. The molecule has 0 amide bonds. The van der Waals surface area contributed by atoms with Crippen molar-refractivity contribution in [2.75, 3.05) is 0 Å². The highest BCUT2D eigenvalue weighted by Gasteiger charge is 2.45. The van der Waals surface area contributed by atoms with Crippen LogP contribution in [-0.2, 0) is 6.18 Å². The van der Waals surface area contributed by atoms with Crippen LogP contribution in [0, 0.1) is 10.1 Å². The highest BCUT2D eigenvalue weighted by molar-refractivity contribution is 7.76. The summed E-state index contributed by atoms with van der Waals surface area (Å²) in [6, 6.07) is 5.84. The summed E-state index contributed by atoms with van der Waals surface area (Å²) in [5.41, 5.74) is -3.86. The third-order valence-corrected chi connectivity index (χ3v) is 3.87. The maximum absolute atomic E-state index is 12.5. The van der Waals surface area contributed by atoms with Crippen molar-refractivity contribution in [2.45, 2.75) is 6.18 Å². The second-order valence-corrected chi connectivity index (χ2v) is 6.48. The number of nitro groups is 1. The molecule has 0 spiro atoms. The summed E-state index contributed by atoms with van der Waals surface area (Å²) in [5, 5.41) is 10.8. The van der Waals surface area contributed by atoms with E-state index in [9.17, 15) is 28.1 Å². The lowest BCUT2D eigenvalue weighted by Gasteiger charge is -2.11. The Labute approximate surface area is 143 Å². The fourth-order valence-electron chi connectivity index (χ4n) is 1.89. The molecule has 0 saturated heterocycles. The Hall–Kier alpha value is -2.59. The fourth-order valence-corrected chi connectivity index (χ4v) is 2.39. The molecule has 26 heavy (non-hydrogen) atoms. The number of hydrogen-bond acceptors (Lipinski definition) is 7. The number of ether oxygens (including phenoxy) is 1. The molecule has 0 radical (unpaired) electrons. The summed E-state index contributed by atoms with van der Waals surface area (Å²) < 4.78 is 42.8. The predicted octanol–water partition coefficient (Wildman–Crippen LogP) is 3.29. The molecule has 3 N–H and O–H groups in total. The first-order chi connectivity index (χ1) is 11.9. The number of halogens is 3. The summed E-state index contributed by atoms with van der Waals surface area (Å²) in [4.78, 5) is 49.1. The van der Waals surface area contributed by atoms with Crippen molar-refractivity contribution in [3.05, 3.63) is 63.7 Å². The number of hydrogen-bond donors (Lipinski definition) is 3. The van der Waals surface area contributed by atoms with E-state index in [4.69, 9.17) is 19.4 Å². The van der Waals surface area contributed by atoms with Gasteiger partial charge in [-0.15, -0.1) is 0 Å². The average Bonchev–Trinajstić information content (AvgIpc) is 2.53. The van der Waals surface area contributed by atoms with E-state index in [2.05, 4.69) is 0 Å². The van der Waals surface area contributed by atoms with E-state index in [0.717, 1.165) is 24.3 Å². The molecule has 0 heterocycles. The summed E-state index contributed by atoms with van der Waals surface area (Å²) in [5.74, 6) is -0.569. The van der Waals surface area contributed by atoms with Gasteiger partial charge in [0.15, 0.2) is 0 Å². The first-order valence-electron chi connectivity index (χ1n) is 6.65. The normalized spacial score (nSPS) is 11.9. The van der Waals surface area contributed by atoms with Crippen molar-refractivity contribution in [3.63, 3.8) is 0 Å². The van der Waals surface area contributed by atoms with Crippen LogP contribution < -0.4 is 4.74 Å². The predicted molar refractivity (Wildman–Crippen MR) is 82.5 cm³/mol. The molecule has 0 unspecified atom stereocenters. The minimum absolute atomic E-state index is 0.154. The van der Waals surface area contributed by atoms with Gasteiger partial charge in [-0.1, -0.05) is 0 Å². The third-order valence-electron chi connectivity index (χ3n) is 3.09. The Bertz CT molecular complexity index is 847. The van der Waals surface area contributed by atoms with Gasteiger partial charge in [0, 0.05) is 12.1 Å². The quantitative estimate of drug-likeness (QED) is 0.404. The third kappa shape index (κ3) is 4.52. The van der Waals surface area contributed by atoms with Crippen LogP contribution in [0.3, 0.4) is 0 Å². The van der Waals surface area contributed by atoms with E-state index in [1.807, 2.05) is 0 Å². The van der Waals surface area contributed by atoms with E-state index in [0.29, 0.717) is 18.2 Å². The van der Waals surface area contributed by atoms with Gasteiger partial charge >= 0.3 is 19.6 Å². The van der Waals surface area contributed by atoms with Crippen LogP contribution >= 0.6 is 7.94 Å². The zero-order chi connectivity index (χ0) is 19.7. The molecule has 0 saturated carbocycles. The lowest BCUT2D eigenvalue weighted by Crippen LogP contribution is -2.08. The summed E-state index contributed by atoms with van der Waals surface area (Å²) in [6.45, 7) is 0. The zero-order valence-corrected chi connectivity index (χ0v) is 13.4. The number of alkyl halides is 3. The van der Waals surface area contributed by atoms with Crippen LogP contribution in [0.1, 0.15) is 15.9 Å². The maximum atomic E-state index is 12.5. The second-order valence-electron chi connectivity index (χ2n) is 4.94. The zero-order valence-electron chi connectivity index (χ0n) is 12.5. The fraction of sp³-hybridized carbons (Fsp3) is 0.0714. The SMILES string of the molecule is O=C(c1cc([N+](=O)[O-])ccc1Oc1ccc(C(F)(F)F)cc1)[P+](O)(O)O. The first kappa shape index (κ1) is 19.7. The number of rotatable bonds is 5. The van der Waals surface area contributed by atoms with Crippen LogP contribution in [-0.4, -0.2) is 25.1 Å². The van der Waals surface area contributed by atoms with E-state index in [1.165, 1.54) is 0 Å². The van der Waals surface area contributed by atoms with Gasteiger partial charge in [0.25, 0.3) is 5.69 Å². The Morgan fingerprint density at radius 1 is 1.08 bits per heavy atom. The van der Waals surface area contributed by atoms with Gasteiger partial charge < -0.3 is 4.74 Å². The molecular weight excluding hydrogens is 382 g/mol. The molecule has 8 nitrogen and oxygen atoms in total. The van der Waals surface area contributed by atoms with Crippen molar-refractivity contribution in [1.29, 1.82) is 0 Å². The van der Waals surface area contributed by atoms with E-state index >= 15 is 0 Å². The Morgan fingerprint density at radius 2 is 1.65 bits per heavy atom. The standard InChI is InChI=1S/C14H10F3NO7P/c15-14(16,17)8-1-4-10(5-2-8)25-12-6-3-9(18(20)21)7-11(12)13(19)26(22,23)24/h1-7,22-24H/q+1. The van der Waals surface area contributed by atoms with Crippen LogP contribution in [0.25, 0.3) is 0 Å². The number of non-ortho nitro benzene ring substituents is 1.